The second-order valence-corrected chi connectivity index (χ2v) is 4.02. The molecule has 1 aromatic rings. The summed E-state index contributed by atoms with van der Waals surface area (Å²) in [5.74, 6) is 0.334. The maximum absolute atomic E-state index is 12.0. The Balaban J connectivity index is 2.62. The van der Waals surface area contributed by atoms with E-state index in [2.05, 4.69) is 15.0 Å². The zero-order valence-electron chi connectivity index (χ0n) is 11.4. The third-order valence-electron chi connectivity index (χ3n) is 2.50. The summed E-state index contributed by atoms with van der Waals surface area (Å²) in [5.41, 5.74) is 5.53. The number of halogens is 3. The standard InChI is InChI=1S/C11H18F3N5O/c1-3-19(4-2)9-16-8(15)17-10(18-9)20-7-5-6-11(12,13)14/h3-7H2,1-2H3,(H2,15,16,17,18). The van der Waals surface area contributed by atoms with Gasteiger partial charge in [-0.05, 0) is 20.3 Å². The largest absolute Gasteiger partial charge is 0.463 e. The summed E-state index contributed by atoms with van der Waals surface area (Å²) in [6.07, 6.45) is -5.25. The predicted octanol–water partition coefficient (Wildman–Crippen LogP) is 2.02. The van der Waals surface area contributed by atoms with Gasteiger partial charge in [0, 0.05) is 19.5 Å². The first-order chi connectivity index (χ1) is 9.35. The summed E-state index contributed by atoms with van der Waals surface area (Å²) >= 11 is 0. The monoisotopic (exact) mass is 293 g/mol. The van der Waals surface area contributed by atoms with Crippen LogP contribution < -0.4 is 15.4 Å². The van der Waals surface area contributed by atoms with E-state index in [9.17, 15) is 13.2 Å². The summed E-state index contributed by atoms with van der Waals surface area (Å²) in [4.78, 5) is 13.6. The summed E-state index contributed by atoms with van der Waals surface area (Å²) in [6.45, 7) is 5.07. The van der Waals surface area contributed by atoms with Crippen LogP contribution >= 0.6 is 0 Å². The second-order valence-electron chi connectivity index (χ2n) is 4.02. The maximum Gasteiger partial charge on any atom is 0.389 e. The van der Waals surface area contributed by atoms with E-state index in [0.717, 1.165) is 0 Å². The number of hydrogen-bond acceptors (Lipinski definition) is 6. The Morgan fingerprint density at radius 3 is 2.35 bits per heavy atom. The van der Waals surface area contributed by atoms with Gasteiger partial charge in [0.1, 0.15) is 0 Å². The van der Waals surface area contributed by atoms with Gasteiger partial charge < -0.3 is 15.4 Å². The SMILES string of the molecule is CCN(CC)c1nc(N)nc(OCCCC(F)(F)F)n1. The Labute approximate surface area is 115 Å². The van der Waals surface area contributed by atoms with E-state index in [-0.39, 0.29) is 25.0 Å². The number of nitrogen functional groups attached to an aromatic ring is 1. The van der Waals surface area contributed by atoms with Crippen molar-refractivity contribution in [1.29, 1.82) is 0 Å². The summed E-state index contributed by atoms with van der Waals surface area (Å²) in [7, 11) is 0. The van der Waals surface area contributed by atoms with Crippen LogP contribution in [0.25, 0.3) is 0 Å². The minimum Gasteiger partial charge on any atom is -0.463 e. The molecule has 0 atom stereocenters. The number of ether oxygens (including phenoxy) is 1. The third kappa shape index (κ3) is 5.45. The minimum absolute atomic E-state index is 0.0206. The highest BCUT2D eigenvalue weighted by Gasteiger charge is 2.26. The van der Waals surface area contributed by atoms with E-state index in [4.69, 9.17) is 10.5 Å². The highest BCUT2D eigenvalue weighted by Crippen LogP contribution is 2.21. The molecule has 0 spiro atoms. The van der Waals surface area contributed by atoms with Crippen molar-refractivity contribution in [2.75, 3.05) is 30.3 Å². The first-order valence-corrected chi connectivity index (χ1v) is 6.31. The number of alkyl halides is 3. The fourth-order valence-corrected chi connectivity index (χ4v) is 1.51. The van der Waals surface area contributed by atoms with Crippen molar-refractivity contribution in [1.82, 2.24) is 15.0 Å². The zero-order chi connectivity index (χ0) is 15.2. The van der Waals surface area contributed by atoms with Gasteiger partial charge in [-0.2, -0.15) is 28.1 Å². The molecule has 0 aliphatic heterocycles. The number of anilines is 2. The molecule has 9 heteroatoms. The van der Waals surface area contributed by atoms with Crippen LogP contribution in [0.15, 0.2) is 0 Å². The Hall–Kier alpha value is -1.80. The highest BCUT2D eigenvalue weighted by molar-refractivity contribution is 5.35. The molecule has 0 bridgehead atoms. The molecule has 0 saturated carbocycles. The van der Waals surface area contributed by atoms with Gasteiger partial charge in [0.2, 0.25) is 11.9 Å². The molecule has 20 heavy (non-hydrogen) atoms. The van der Waals surface area contributed by atoms with Crippen LogP contribution in [0.3, 0.4) is 0 Å². The number of hydrogen-bond donors (Lipinski definition) is 1. The molecule has 0 aromatic carbocycles. The topological polar surface area (TPSA) is 77.2 Å². The molecule has 0 saturated heterocycles. The van der Waals surface area contributed by atoms with Crippen molar-refractivity contribution < 1.29 is 17.9 Å². The van der Waals surface area contributed by atoms with Gasteiger partial charge in [0.05, 0.1) is 6.61 Å². The molecule has 1 heterocycles. The molecular formula is C11H18F3N5O. The van der Waals surface area contributed by atoms with Gasteiger partial charge in [-0.1, -0.05) is 0 Å². The summed E-state index contributed by atoms with van der Waals surface area (Å²) in [6, 6.07) is -0.0541. The minimum atomic E-state index is -4.19. The Kier molecular flexibility index (Phi) is 5.78. The number of aromatic nitrogens is 3. The lowest BCUT2D eigenvalue weighted by atomic mass is 10.3. The van der Waals surface area contributed by atoms with Crippen molar-refractivity contribution in [2.45, 2.75) is 32.9 Å². The first-order valence-electron chi connectivity index (χ1n) is 6.31. The van der Waals surface area contributed by atoms with Crippen molar-refractivity contribution in [3.05, 3.63) is 0 Å². The van der Waals surface area contributed by atoms with Crippen LogP contribution in [0.2, 0.25) is 0 Å². The van der Waals surface area contributed by atoms with Crippen molar-refractivity contribution in [3.8, 4) is 6.01 Å². The van der Waals surface area contributed by atoms with Gasteiger partial charge in [0.25, 0.3) is 0 Å². The van der Waals surface area contributed by atoms with Crippen LogP contribution in [-0.4, -0.2) is 40.8 Å². The fourth-order valence-electron chi connectivity index (χ4n) is 1.51. The van der Waals surface area contributed by atoms with Gasteiger partial charge in [-0.25, -0.2) is 0 Å². The number of nitrogens with zero attached hydrogens (tertiary/aromatic N) is 4. The summed E-state index contributed by atoms with van der Waals surface area (Å²) < 4.78 is 41.0. The van der Waals surface area contributed by atoms with Crippen LogP contribution in [0.1, 0.15) is 26.7 Å². The van der Waals surface area contributed by atoms with Gasteiger partial charge >= 0.3 is 12.2 Å². The molecule has 1 aromatic heterocycles. The van der Waals surface area contributed by atoms with Gasteiger partial charge in [-0.15, -0.1) is 0 Å². The van der Waals surface area contributed by atoms with E-state index in [1.54, 1.807) is 0 Å². The van der Waals surface area contributed by atoms with Crippen LogP contribution in [0.5, 0.6) is 6.01 Å². The third-order valence-corrected chi connectivity index (χ3v) is 2.50. The highest BCUT2D eigenvalue weighted by atomic mass is 19.4. The molecule has 0 amide bonds. The Morgan fingerprint density at radius 1 is 1.15 bits per heavy atom. The van der Waals surface area contributed by atoms with E-state index in [1.807, 2.05) is 18.7 Å². The van der Waals surface area contributed by atoms with Crippen molar-refractivity contribution in [2.24, 2.45) is 0 Å². The van der Waals surface area contributed by atoms with Crippen molar-refractivity contribution >= 4 is 11.9 Å². The van der Waals surface area contributed by atoms with Gasteiger partial charge in [-0.3, -0.25) is 0 Å². The zero-order valence-corrected chi connectivity index (χ0v) is 11.4. The van der Waals surface area contributed by atoms with E-state index >= 15 is 0 Å². The molecule has 6 nitrogen and oxygen atoms in total. The Bertz CT molecular complexity index is 423. The van der Waals surface area contributed by atoms with E-state index < -0.39 is 12.6 Å². The smallest absolute Gasteiger partial charge is 0.389 e. The molecule has 0 aliphatic carbocycles. The number of nitrogens with two attached hydrogens (primary N) is 1. The predicted molar refractivity (Wildman–Crippen MR) is 68.6 cm³/mol. The van der Waals surface area contributed by atoms with Crippen molar-refractivity contribution in [3.63, 3.8) is 0 Å². The van der Waals surface area contributed by atoms with Crippen LogP contribution in [0.4, 0.5) is 25.1 Å². The molecule has 0 fully saturated rings. The lowest BCUT2D eigenvalue weighted by Crippen LogP contribution is -2.25. The Morgan fingerprint density at radius 2 is 1.80 bits per heavy atom. The van der Waals surface area contributed by atoms with E-state index in [0.29, 0.717) is 19.0 Å². The second kappa shape index (κ2) is 7.11. The van der Waals surface area contributed by atoms with Crippen LogP contribution in [0, 0.1) is 0 Å². The number of rotatable bonds is 7. The molecular weight excluding hydrogens is 275 g/mol. The molecule has 0 aliphatic rings. The molecule has 0 radical (unpaired) electrons. The average Bonchev–Trinajstić information content (AvgIpc) is 2.34. The normalized spacial score (nSPS) is 11.4. The van der Waals surface area contributed by atoms with Gasteiger partial charge in [0.15, 0.2) is 0 Å². The average molecular weight is 293 g/mol. The van der Waals surface area contributed by atoms with E-state index in [1.165, 1.54) is 0 Å². The lowest BCUT2D eigenvalue weighted by Gasteiger charge is -2.18. The molecule has 1 rings (SSSR count). The van der Waals surface area contributed by atoms with Crippen LogP contribution in [-0.2, 0) is 0 Å². The molecule has 114 valence electrons. The fraction of sp³-hybridized carbons (Fsp3) is 0.727. The molecule has 2 N–H and O–H groups in total. The molecule has 0 unspecified atom stereocenters. The summed E-state index contributed by atoms with van der Waals surface area (Å²) in [5, 5.41) is 0. The first kappa shape index (κ1) is 16.3. The quantitative estimate of drug-likeness (QED) is 0.775. The lowest BCUT2D eigenvalue weighted by molar-refractivity contribution is -0.136. The maximum atomic E-state index is 12.0.